The monoisotopic (exact) mass is 234 g/mol. The summed E-state index contributed by atoms with van der Waals surface area (Å²) in [7, 11) is 0. The highest BCUT2D eigenvalue weighted by atomic mass is 16.5. The van der Waals surface area contributed by atoms with E-state index in [0.29, 0.717) is 11.8 Å². The molecule has 0 saturated heterocycles. The Morgan fingerprint density at radius 3 is 2.65 bits per heavy atom. The van der Waals surface area contributed by atoms with E-state index in [4.69, 9.17) is 10.5 Å². The molecule has 3 nitrogen and oxygen atoms in total. The van der Waals surface area contributed by atoms with Crippen molar-refractivity contribution in [3.8, 4) is 5.88 Å². The quantitative estimate of drug-likeness (QED) is 0.871. The highest BCUT2D eigenvalue weighted by Crippen LogP contribution is 2.63. The van der Waals surface area contributed by atoms with E-state index in [1.165, 1.54) is 0 Å². The van der Waals surface area contributed by atoms with Gasteiger partial charge >= 0.3 is 0 Å². The number of aromatic nitrogens is 1. The predicted octanol–water partition coefficient (Wildman–Crippen LogP) is 2.57. The number of hydrogen-bond donors (Lipinski definition) is 1. The van der Waals surface area contributed by atoms with Gasteiger partial charge in [0.05, 0.1) is 6.10 Å². The molecule has 94 valence electrons. The van der Waals surface area contributed by atoms with Crippen LogP contribution in [0.5, 0.6) is 5.88 Å². The van der Waals surface area contributed by atoms with Crippen molar-refractivity contribution >= 4 is 0 Å². The largest absolute Gasteiger partial charge is 0.475 e. The lowest BCUT2D eigenvalue weighted by atomic mass is 10.1. The van der Waals surface area contributed by atoms with Gasteiger partial charge in [0.25, 0.3) is 0 Å². The molecule has 2 atom stereocenters. The van der Waals surface area contributed by atoms with E-state index in [-0.39, 0.29) is 11.5 Å². The minimum Gasteiger partial charge on any atom is -0.475 e. The molecular weight excluding hydrogens is 212 g/mol. The smallest absolute Gasteiger partial charge is 0.213 e. The van der Waals surface area contributed by atoms with Crippen LogP contribution in [0.25, 0.3) is 0 Å². The van der Waals surface area contributed by atoms with Crippen LogP contribution in [0.1, 0.15) is 39.3 Å². The summed E-state index contributed by atoms with van der Waals surface area (Å²) >= 11 is 0. The lowest BCUT2D eigenvalue weighted by Crippen LogP contribution is -2.08. The van der Waals surface area contributed by atoms with Gasteiger partial charge in [-0.05, 0) is 37.8 Å². The van der Waals surface area contributed by atoms with Crippen LogP contribution in [0, 0.1) is 11.3 Å². The molecule has 1 heterocycles. The number of rotatable bonds is 4. The molecule has 1 aromatic rings. The van der Waals surface area contributed by atoms with E-state index in [0.717, 1.165) is 18.1 Å². The minimum atomic E-state index is 0.162. The second-order valence-electron chi connectivity index (χ2n) is 5.71. The van der Waals surface area contributed by atoms with Crippen LogP contribution in [0.15, 0.2) is 18.2 Å². The highest BCUT2D eigenvalue weighted by molar-refractivity contribution is 5.29. The third kappa shape index (κ3) is 2.29. The van der Waals surface area contributed by atoms with Crippen LogP contribution in [0.4, 0.5) is 0 Å². The average Bonchev–Trinajstić information content (AvgIpc) is 2.79. The fourth-order valence-corrected chi connectivity index (χ4v) is 2.68. The first-order valence-electron chi connectivity index (χ1n) is 6.30. The van der Waals surface area contributed by atoms with Gasteiger partial charge in [-0.25, -0.2) is 4.98 Å². The summed E-state index contributed by atoms with van der Waals surface area (Å²) in [5.41, 5.74) is 7.19. The van der Waals surface area contributed by atoms with E-state index in [2.05, 4.69) is 24.9 Å². The van der Waals surface area contributed by atoms with Gasteiger partial charge in [0.1, 0.15) is 0 Å². The fraction of sp³-hybridized carbons (Fsp3) is 0.643. The first kappa shape index (κ1) is 12.4. The molecule has 0 bridgehead atoms. The molecule has 2 rings (SSSR count). The molecule has 0 spiro atoms. The van der Waals surface area contributed by atoms with E-state index in [1.807, 2.05) is 26.0 Å². The van der Waals surface area contributed by atoms with Crippen LogP contribution < -0.4 is 10.5 Å². The Morgan fingerprint density at radius 2 is 2.12 bits per heavy atom. The van der Waals surface area contributed by atoms with Crippen molar-refractivity contribution in [1.29, 1.82) is 0 Å². The van der Waals surface area contributed by atoms with E-state index in [9.17, 15) is 0 Å². The standard InChI is InChI=1S/C14H22N2O/c1-9(2)17-12-7-5-6-11(16-12)13-10(8-15)14(13,3)4/h5-7,9-10,13H,8,15H2,1-4H3/t10-,13+/m0/s1. The molecule has 1 aromatic heterocycles. The molecule has 1 saturated carbocycles. The zero-order valence-electron chi connectivity index (χ0n) is 11.1. The second-order valence-corrected chi connectivity index (χ2v) is 5.71. The Labute approximate surface area is 103 Å². The van der Waals surface area contributed by atoms with Crippen molar-refractivity contribution in [2.45, 2.75) is 39.7 Å². The molecule has 0 aliphatic heterocycles. The van der Waals surface area contributed by atoms with Gasteiger partial charge in [-0.3, -0.25) is 0 Å². The van der Waals surface area contributed by atoms with E-state index in [1.54, 1.807) is 0 Å². The number of pyridine rings is 1. The SMILES string of the molecule is CC(C)Oc1cccc([C@H]2[C@H](CN)C2(C)C)n1. The topological polar surface area (TPSA) is 48.1 Å². The third-order valence-electron chi connectivity index (χ3n) is 3.72. The molecule has 3 heteroatoms. The summed E-state index contributed by atoms with van der Waals surface area (Å²) < 4.78 is 5.63. The Bertz CT molecular complexity index is 401. The molecule has 0 radical (unpaired) electrons. The molecular formula is C14H22N2O. The van der Waals surface area contributed by atoms with Gasteiger partial charge in [-0.2, -0.15) is 0 Å². The van der Waals surface area contributed by atoms with Gasteiger partial charge in [0, 0.05) is 17.7 Å². The molecule has 0 unspecified atom stereocenters. The Hall–Kier alpha value is -1.09. The Morgan fingerprint density at radius 1 is 1.41 bits per heavy atom. The summed E-state index contributed by atoms with van der Waals surface area (Å²) in [5, 5.41) is 0. The van der Waals surface area contributed by atoms with Gasteiger partial charge in [-0.1, -0.05) is 19.9 Å². The number of nitrogens with zero attached hydrogens (tertiary/aromatic N) is 1. The number of nitrogens with two attached hydrogens (primary N) is 1. The maximum Gasteiger partial charge on any atom is 0.213 e. The Kier molecular flexibility index (Phi) is 3.13. The van der Waals surface area contributed by atoms with Crippen LogP contribution >= 0.6 is 0 Å². The Balaban J connectivity index is 2.18. The maximum atomic E-state index is 5.80. The first-order chi connectivity index (χ1) is 7.96. The summed E-state index contributed by atoms with van der Waals surface area (Å²) in [4.78, 5) is 4.59. The molecule has 17 heavy (non-hydrogen) atoms. The van der Waals surface area contributed by atoms with Crippen molar-refractivity contribution < 1.29 is 4.74 Å². The normalized spacial score (nSPS) is 26.0. The molecule has 0 aromatic carbocycles. The summed E-state index contributed by atoms with van der Waals surface area (Å²) in [6.07, 6.45) is 0.162. The van der Waals surface area contributed by atoms with Gasteiger partial charge in [0.2, 0.25) is 5.88 Å². The van der Waals surface area contributed by atoms with Gasteiger partial charge in [0.15, 0.2) is 0 Å². The second kappa shape index (κ2) is 4.30. The predicted molar refractivity (Wildman–Crippen MR) is 69.1 cm³/mol. The zero-order valence-corrected chi connectivity index (χ0v) is 11.1. The molecule has 2 N–H and O–H groups in total. The van der Waals surface area contributed by atoms with Gasteiger partial charge in [-0.15, -0.1) is 0 Å². The zero-order chi connectivity index (χ0) is 12.6. The van der Waals surface area contributed by atoms with Crippen molar-refractivity contribution in [2.75, 3.05) is 6.54 Å². The number of ether oxygens (including phenoxy) is 1. The van der Waals surface area contributed by atoms with E-state index < -0.39 is 0 Å². The van der Waals surface area contributed by atoms with Crippen molar-refractivity contribution in [3.05, 3.63) is 23.9 Å². The molecule has 1 aliphatic carbocycles. The minimum absolute atomic E-state index is 0.162. The summed E-state index contributed by atoms with van der Waals surface area (Å²) in [6.45, 7) is 9.27. The first-order valence-corrected chi connectivity index (χ1v) is 6.30. The average molecular weight is 234 g/mol. The lowest BCUT2D eigenvalue weighted by molar-refractivity contribution is 0.232. The van der Waals surface area contributed by atoms with Crippen LogP contribution in [0.2, 0.25) is 0 Å². The lowest BCUT2D eigenvalue weighted by Gasteiger charge is -2.10. The summed E-state index contributed by atoms with van der Waals surface area (Å²) in [5.74, 6) is 1.74. The van der Waals surface area contributed by atoms with Gasteiger partial charge < -0.3 is 10.5 Å². The van der Waals surface area contributed by atoms with Crippen LogP contribution in [-0.4, -0.2) is 17.6 Å². The molecule has 1 fully saturated rings. The number of hydrogen-bond acceptors (Lipinski definition) is 3. The van der Waals surface area contributed by atoms with Crippen molar-refractivity contribution in [1.82, 2.24) is 4.98 Å². The van der Waals surface area contributed by atoms with Crippen LogP contribution in [0.3, 0.4) is 0 Å². The molecule has 0 amide bonds. The third-order valence-corrected chi connectivity index (χ3v) is 3.72. The van der Waals surface area contributed by atoms with Crippen LogP contribution in [-0.2, 0) is 0 Å². The fourth-order valence-electron chi connectivity index (χ4n) is 2.68. The molecule has 1 aliphatic rings. The summed E-state index contributed by atoms with van der Waals surface area (Å²) in [6, 6.07) is 6.01. The maximum absolute atomic E-state index is 5.80. The van der Waals surface area contributed by atoms with Crippen molar-refractivity contribution in [2.24, 2.45) is 17.1 Å². The van der Waals surface area contributed by atoms with Crippen molar-refractivity contribution in [3.63, 3.8) is 0 Å². The van der Waals surface area contributed by atoms with E-state index >= 15 is 0 Å². The highest BCUT2D eigenvalue weighted by Gasteiger charge is 2.58.